The normalized spacial score (nSPS) is 25.1. The summed E-state index contributed by atoms with van der Waals surface area (Å²) < 4.78 is 5.57. The number of nitrogens with zero attached hydrogens (tertiary/aromatic N) is 1. The number of carbonyl (C=O) groups is 2. The van der Waals surface area contributed by atoms with Crippen molar-refractivity contribution in [1.29, 1.82) is 0 Å². The molecule has 4 rings (SSSR count). The van der Waals surface area contributed by atoms with Gasteiger partial charge in [-0.25, -0.2) is 4.79 Å². The van der Waals surface area contributed by atoms with Crippen molar-refractivity contribution in [2.24, 2.45) is 17.3 Å². The van der Waals surface area contributed by atoms with Gasteiger partial charge in [0.1, 0.15) is 11.8 Å². The second-order valence-corrected chi connectivity index (χ2v) is 11.3. The Morgan fingerprint density at radius 3 is 2.25 bits per heavy atom. The molecule has 0 spiro atoms. The first-order chi connectivity index (χ1) is 17.2. The van der Waals surface area contributed by atoms with Crippen LogP contribution in [0.5, 0.6) is 5.75 Å². The van der Waals surface area contributed by atoms with Crippen LogP contribution in [0.3, 0.4) is 0 Å². The molecule has 2 fully saturated rings. The Hall–Kier alpha value is -2.86. The number of hydrogen-bond donors (Lipinski definition) is 2. The molecule has 194 valence electrons. The lowest BCUT2D eigenvalue weighted by molar-refractivity contribution is -0.154. The number of carbonyl (C=O) groups excluding carboxylic acids is 1. The largest absolute Gasteiger partial charge is 0.496 e. The van der Waals surface area contributed by atoms with E-state index in [9.17, 15) is 14.7 Å². The summed E-state index contributed by atoms with van der Waals surface area (Å²) in [7, 11) is 1.66. The van der Waals surface area contributed by atoms with Gasteiger partial charge in [-0.2, -0.15) is 0 Å². The van der Waals surface area contributed by atoms with Crippen LogP contribution in [0.15, 0.2) is 54.6 Å². The molecule has 1 saturated carbocycles. The Morgan fingerprint density at radius 1 is 1.00 bits per heavy atom. The van der Waals surface area contributed by atoms with Crippen molar-refractivity contribution >= 4 is 11.9 Å². The number of amides is 1. The molecular weight excluding hydrogens is 452 g/mol. The van der Waals surface area contributed by atoms with Crippen molar-refractivity contribution in [3.63, 3.8) is 0 Å². The summed E-state index contributed by atoms with van der Waals surface area (Å²) in [6.07, 6.45) is 4.86. The van der Waals surface area contributed by atoms with Gasteiger partial charge in [-0.15, -0.1) is 0 Å². The highest BCUT2D eigenvalue weighted by Crippen LogP contribution is 2.49. The Bertz CT molecular complexity index is 1040. The molecule has 2 N–H and O–H groups in total. The summed E-state index contributed by atoms with van der Waals surface area (Å²) in [5.41, 5.74) is 1.62. The average Bonchev–Trinajstić information content (AvgIpc) is 3.24. The fraction of sp³-hybridized carbons (Fsp3) is 0.533. The van der Waals surface area contributed by atoms with E-state index in [4.69, 9.17) is 4.74 Å². The molecule has 36 heavy (non-hydrogen) atoms. The van der Waals surface area contributed by atoms with Crippen molar-refractivity contribution in [3.05, 3.63) is 65.7 Å². The first-order valence-electron chi connectivity index (χ1n) is 13.2. The molecule has 0 radical (unpaired) electrons. The van der Waals surface area contributed by atoms with Crippen LogP contribution in [-0.2, 0) is 16.1 Å². The van der Waals surface area contributed by atoms with E-state index in [0.29, 0.717) is 6.54 Å². The highest BCUT2D eigenvalue weighted by molar-refractivity contribution is 5.87. The van der Waals surface area contributed by atoms with Crippen LogP contribution in [0, 0.1) is 17.3 Å². The van der Waals surface area contributed by atoms with Gasteiger partial charge in [0.2, 0.25) is 5.91 Å². The predicted molar refractivity (Wildman–Crippen MR) is 141 cm³/mol. The summed E-state index contributed by atoms with van der Waals surface area (Å²) in [4.78, 5) is 28.8. The summed E-state index contributed by atoms with van der Waals surface area (Å²) in [6, 6.07) is 16.3. The van der Waals surface area contributed by atoms with Crippen LogP contribution in [0.4, 0.5) is 0 Å². The van der Waals surface area contributed by atoms with Crippen molar-refractivity contribution < 1.29 is 19.4 Å². The standard InChI is InChI=1S/C30H40N2O4/c1-30(2,3)24-25(31-19-22-17-11-12-18-23(22)36-4)26(20-13-7-5-8-14-20)32(27(24)29(34)35)28(33)21-15-9-6-10-16-21/h5,7-8,11-14,17-18,21,24-27,31H,6,9-10,15-16,19H2,1-4H3,(H,34,35). The first-order valence-corrected chi connectivity index (χ1v) is 13.2. The number of benzene rings is 2. The smallest absolute Gasteiger partial charge is 0.326 e. The Kier molecular flexibility index (Phi) is 8.04. The molecule has 0 bridgehead atoms. The Balaban J connectivity index is 1.80. The zero-order valence-electron chi connectivity index (χ0n) is 21.9. The number of carboxylic acids is 1. The van der Waals surface area contributed by atoms with Gasteiger partial charge in [-0.05, 0) is 29.9 Å². The Morgan fingerprint density at radius 2 is 1.64 bits per heavy atom. The van der Waals surface area contributed by atoms with Gasteiger partial charge in [-0.3, -0.25) is 4.79 Å². The van der Waals surface area contributed by atoms with Gasteiger partial charge in [0.05, 0.1) is 13.2 Å². The number of carboxylic acid groups (broad SMARTS) is 1. The molecule has 2 aromatic rings. The second-order valence-electron chi connectivity index (χ2n) is 11.3. The molecule has 1 amide bonds. The van der Waals surface area contributed by atoms with Crippen molar-refractivity contribution in [1.82, 2.24) is 10.2 Å². The average molecular weight is 493 g/mol. The molecule has 4 unspecified atom stereocenters. The zero-order chi connectivity index (χ0) is 25.9. The molecule has 0 aromatic heterocycles. The van der Waals surface area contributed by atoms with Gasteiger partial charge in [0, 0.05) is 30.0 Å². The zero-order valence-corrected chi connectivity index (χ0v) is 21.9. The maximum Gasteiger partial charge on any atom is 0.326 e. The quantitative estimate of drug-likeness (QED) is 0.539. The SMILES string of the molecule is COc1ccccc1CNC1C(c2ccccc2)N(C(=O)C2CCCCC2)C(C(=O)O)C1C(C)(C)C. The number of methoxy groups -OCH3 is 1. The van der Waals surface area contributed by atoms with Gasteiger partial charge < -0.3 is 20.1 Å². The van der Waals surface area contributed by atoms with Crippen LogP contribution < -0.4 is 10.1 Å². The number of aliphatic carboxylic acids is 1. The van der Waals surface area contributed by atoms with E-state index in [-0.39, 0.29) is 35.2 Å². The minimum absolute atomic E-state index is 0.00760. The maximum absolute atomic E-state index is 14.1. The van der Waals surface area contributed by atoms with E-state index < -0.39 is 12.0 Å². The number of ether oxygens (including phenoxy) is 1. The fourth-order valence-electron chi connectivity index (χ4n) is 6.36. The van der Waals surface area contributed by atoms with Crippen molar-refractivity contribution in [3.8, 4) is 5.75 Å². The number of hydrogen-bond acceptors (Lipinski definition) is 4. The molecule has 1 saturated heterocycles. The molecule has 1 aliphatic heterocycles. The van der Waals surface area contributed by atoms with Gasteiger partial charge >= 0.3 is 5.97 Å². The van der Waals surface area contributed by atoms with E-state index in [1.165, 1.54) is 0 Å². The fourth-order valence-corrected chi connectivity index (χ4v) is 6.36. The molecule has 6 nitrogen and oxygen atoms in total. The lowest BCUT2D eigenvalue weighted by Gasteiger charge is -2.36. The Labute approximate surface area is 215 Å². The van der Waals surface area contributed by atoms with E-state index in [1.807, 2.05) is 54.6 Å². The predicted octanol–water partition coefficient (Wildman–Crippen LogP) is 5.43. The van der Waals surface area contributed by atoms with Crippen LogP contribution in [0.1, 0.15) is 70.0 Å². The van der Waals surface area contributed by atoms with Crippen LogP contribution in [0.25, 0.3) is 0 Å². The third-order valence-electron chi connectivity index (χ3n) is 7.99. The molecular formula is C30H40N2O4. The molecule has 2 aromatic carbocycles. The lowest BCUT2D eigenvalue weighted by atomic mass is 9.72. The minimum Gasteiger partial charge on any atom is -0.496 e. The van der Waals surface area contributed by atoms with Crippen molar-refractivity contribution in [2.45, 2.75) is 77.5 Å². The lowest BCUT2D eigenvalue weighted by Crippen LogP contribution is -2.49. The van der Waals surface area contributed by atoms with Crippen LogP contribution in [-0.4, -0.2) is 41.1 Å². The summed E-state index contributed by atoms with van der Waals surface area (Å²) in [5.74, 6) is -0.548. The molecule has 1 aliphatic carbocycles. The number of likely N-dealkylation sites (tertiary alicyclic amines) is 1. The van der Waals surface area contributed by atoms with Crippen molar-refractivity contribution in [2.75, 3.05) is 7.11 Å². The van der Waals surface area contributed by atoms with Crippen LogP contribution >= 0.6 is 0 Å². The maximum atomic E-state index is 14.1. The number of para-hydroxylation sites is 1. The third kappa shape index (κ3) is 5.29. The van der Waals surface area contributed by atoms with Gasteiger partial charge in [-0.1, -0.05) is 88.6 Å². The molecule has 2 aliphatic rings. The third-order valence-corrected chi connectivity index (χ3v) is 7.99. The monoisotopic (exact) mass is 492 g/mol. The van der Waals surface area contributed by atoms with E-state index in [1.54, 1.807) is 12.0 Å². The van der Waals surface area contributed by atoms with Crippen LogP contribution in [0.2, 0.25) is 0 Å². The molecule has 1 heterocycles. The summed E-state index contributed by atoms with van der Waals surface area (Å²) in [6.45, 7) is 6.77. The minimum atomic E-state index is -0.929. The summed E-state index contributed by atoms with van der Waals surface area (Å²) in [5, 5.41) is 14.3. The van der Waals surface area contributed by atoms with E-state index >= 15 is 0 Å². The van der Waals surface area contributed by atoms with Gasteiger partial charge in [0.25, 0.3) is 0 Å². The van der Waals surface area contributed by atoms with E-state index in [2.05, 4.69) is 26.1 Å². The highest BCUT2D eigenvalue weighted by Gasteiger charge is 2.58. The first kappa shape index (κ1) is 26.2. The number of nitrogens with one attached hydrogen (secondary N) is 1. The summed E-state index contributed by atoms with van der Waals surface area (Å²) >= 11 is 0. The topological polar surface area (TPSA) is 78.9 Å². The molecule has 4 atom stereocenters. The van der Waals surface area contributed by atoms with E-state index in [0.717, 1.165) is 49.0 Å². The number of rotatable bonds is 7. The molecule has 6 heteroatoms. The second kappa shape index (κ2) is 11.0. The van der Waals surface area contributed by atoms with Gasteiger partial charge in [0.15, 0.2) is 0 Å². The highest BCUT2D eigenvalue weighted by atomic mass is 16.5.